The molecule has 1 aliphatic rings. The van der Waals surface area contributed by atoms with Crippen molar-refractivity contribution in [2.45, 2.75) is 12.5 Å². The molecule has 0 fully saturated rings. The Morgan fingerprint density at radius 3 is 2.33 bits per heavy atom. The van der Waals surface area contributed by atoms with Crippen LogP contribution in [0, 0.1) is 0 Å². The van der Waals surface area contributed by atoms with Crippen molar-refractivity contribution in [3.05, 3.63) is 62.6 Å². The van der Waals surface area contributed by atoms with Crippen molar-refractivity contribution in [1.82, 2.24) is 0 Å². The molecule has 18 heavy (non-hydrogen) atoms. The van der Waals surface area contributed by atoms with Gasteiger partial charge in [0, 0.05) is 10.7 Å². The third-order valence-electron chi connectivity index (χ3n) is 3.17. The molecule has 2 aromatic rings. The van der Waals surface area contributed by atoms with Gasteiger partial charge in [0.1, 0.15) is 0 Å². The Balaban J connectivity index is 1.91. The number of benzene rings is 2. The molecule has 1 nitrogen and oxygen atoms in total. The summed E-state index contributed by atoms with van der Waals surface area (Å²) in [6.45, 7) is 0. The second-order valence-corrected chi connectivity index (χ2v) is 5.63. The maximum absolute atomic E-state index is 6.03. The van der Waals surface area contributed by atoms with Gasteiger partial charge in [-0.3, -0.25) is 0 Å². The third-order valence-corrected chi connectivity index (χ3v) is 4.15. The molecule has 0 spiro atoms. The molecular formula is C14H10Cl3N. The van der Waals surface area contributed by atoms with Gasteiger partial charge in [0.25, 0.3) is 0 Å². The maximum Gasteiger partial charge on any atom is 0.0613 e. The molecule has 1 aliphatic heterocycles. The summed E-state index contributed by atoms with van der Waals surface area (Å²) in [7, 11) is 0. The zero-order valence-electron chi connectivity index (χ0n) is 9.38. The Kier molecular flexibility index (Phi) is 3.14. The smallest absolute Gasteiger partial charge is 0.0613 e. The molecule has 0 saturated heterocycles. The predicted molar refractivity (Wildman–Crippen MR) is 78.0 cm³/mol. The molecule has 1 N–H and O–H groups in total. The van der Waals surface area contributed by atoms with Crippen LogP contribution in [0.5, 0.6) is 0 Å². The van der Waals surface area contributed by atoms with E-state index in [1.165, 1.54) is 11.1 Å². The SMILES string of the molecule is Clc1ccc(C2Cc3cc(Cl)c(Cl)cc3N2)cc1. The van der Waals surface area contributed by atoms with Crippen molar-refractivity contribution in [1.29, 1.82) is 0 Å². The second kappa shape index (κ2) is 4.65. The fourth-order valence-corrected chi connectivity index (χ4v) is 2.72. The molecule has 0 saturated carbocycles. The van der Waals surface area contributed by atoms with Gasteiger partial charge in [-0.25, -0.2) is 0 Å². The lowest BCUT2D eigenvalue weighted by atomic mass is 10.0. The Morgan fingerprint density at radius 2 is 1.61 bits per heavy atom. The molecule has 1 unspecified atom stereocenters. The van der Waals surface area contributed by atoms with E-state index in [2.05, 4.69) is 5.32 Å². The molecule has 1 atom stereocenters. The summed E-state index contributed by atoms with van der Waals surface area (Å²) in [6, 6.07) is 12.0. The van der Waals surface area contributed by atoms with Gasteiger partial charge in [-0.15, -0.1) is 0 Å². The van der Waals surface area contributed by atoms with E-state index < -0.39 is 0 Å². The van der Waals surface area contributed by atoms with Crippen LogP contribution >= 0.6 is 34.8 Å². The topological polar surface area (TPSA) is 12.0 Å². The molecule has 4 heteroatoms. The van der Waals surface area contributed by atoms with Crippen molar-refractivity contribution in [3.8, 4) is 0 Å². The van der Waals surface area contributed by atoms with Gasteiger partial charge in [-0.1, -0.05) is 46.9 Å². The van der Waals surface area contributed by atoms with Crippen LogP contribution < -0.4 is 5.32 Å². The number of rotatable bonds is 1. The summed E-state index contributed by atoms with van der Waals surface area (Å²) in [5, 5.41) is 5.39. The zero-order valence-corrected chi connectivity index (χ0v) is 11.7. The van der Waals surface area contributed by atoms with Crippen LogP contribution in [0.25, 0.3) is 0 Å². The number of hydrogen-bond donors (Lipinski definition) is 1. The summed E-state index contributed by atoms with van der Waals surface area (Å²) in [6.07, 6.45) is 0.911. The van der Waals surface area contributed by atoms with E-state index in [4.69, 9.17) is 34.8 Å². The minimum Gasteiger partial charge on any atom is -0.378 e. The minimum absolute atomic E-state index is 0.256. The molecule has 0 aromatic heterocycles. The van der Waals surface area contributed by atoms with Crippen molar-refractivity contribution in [2.24, 2.45) is 0 Å². The summed E-state index contributed by atoms with van der Waals surface area (Å²) < 4.78 is 0. The van der Waals surface area contributed by atoms with Crippen molar-refractivity contribution in [3.63, 3.8) is 0 Å². The van der Waals surface area contributed by atoms with Gasteiger partial charge >= 0.3 is 0 Å². The van der Waals surface area contributed by atoms with E-state index in [1.807, 2.05) is 36.4 Å². The van der Waals surface area contributed by atoms with Crippen LogP contribution in [0.3, 0.4) is 0 Å². The molecule has 0 aliphatic carbocycles. The Morgan fingerprint density at radius 1 is 0.944 bits per heavy atom. The molecule has 0 radical (unpaired) electrons. The second-order valence-electron chi connectivity index (χ2n) is 4.38. The van der Waals surface area contributed by atoms with Gasteiger partial charge in [-0.05, 0) is 41.8 Å². The predicted octanol–water partition coefficient (Wildman–Crippen LogP) is 5.36. The van der Waals surface area contributed by atoms with Gasteiger partial charge in [0.05, 0.1) is 16.1 Å². The van der Waals surface area contributed by atoms with Crippen LogP contribution in [-0.4, -0.2) is 0 Å². The Labute approximate surface area is 121 Å². The summed E-state index contributed by atoms with van der Waals surface area (Å²) >= 11 is 17.9. The quantitative estimate of drug-likeness (QED) is 0.747. The van der Waals surface area contributed by atoms with E-state index in [-0.39, 0.29) is 6.04 Å². The van der Waals surface area contributed by atoms with Crippen molar-refractivity contribution < 1.29 is 0 Å². The zero-order chi connectivity index (χ0) is 12.7. The average Bonchev–Trinajstić information content (AvgIpc) is 2.73. The molecular weight excluding hydrogens is 289 g/mol. The first-order valence-electron chi connectivity index (χ1n) is 5.63. The number of nitrogens with one attached hydrogen (secondary N) is 1. The largest absolute Gasteiger partial charge is 0.378 e. The molecule has 2 aromatic carbocycles. The Bertz CT molecular complexity index is 562. The molecule has 92 valence electrons. The molecule has 0 bridgehead atoms. The summed E-state index contributed by atoms with van der Waals surface area (Å²) in [4.78, 5) is 0. The number of fused-ring (bicyclic) bond motifs is 1. The van der Waals surface area contributed by atoms with Gasteiger partial charge in [-0.2, -0.15) is 0 Å². The lowest BCUT2D eigenvalue weighted by Gasteiger charge is -2.11. The van der Waals surface area contributed by atoms with Gasteiger partial charge in [0.2, 0.25) is 0 Å². The normalized spacial score (nSPS) is 17.4. The van der Waals surface area contributed by atoms with E-state index in [1.54, 1.807) is 0 Å². The first-order valence-corrected chi connectivity index (χ1v) is 6.77. The van der Waals surface area contributed by atoms with Gasteiger partial charge < -0.3 is 5.32 Å². The van der Waals surface area contributed by atoms with Crippen LogP contribution in [0.15, 0.2) is 36.4 Å². The highest BCUT2D eigenvalue weighted by atomic mass is 35.5. The van der Waals surface area contributed by atoms with Crippen molar-refractivity contribution >= 4 is 40.5 Å². The van der Waals surface area contributed by atoms with E-state index in [9.17, 15) is 0 Å². The van der Waals surface area contributed by atoms with E-state index in [0.29, 0.717) is 10.0 Å². The van der Waals surface area contributed by atoms with Crippen LogP contribution in [-0.2, 0) is 6.42 Å². The standard InChI is InChI=1S/C14H10Cl3N/c15-10-3-1-8(2-4-10)13-6-9-5-11(16)12(17)7-14(9)18-13/h1-5,7,13,18H,6H2. The van der Waals surface area contributed by atoms with E-state index >= 15 is 0 Å². The van der Waals surface area contributed by atoms with Crippen molar-refractivity contribution in [2.75, 3.05) is 5.32 Å². The first-order chi connectivity index (χ1) is 8.63. The Hall–Kier alpha value is -0.890. The van der Waals surface area contributed by atoms with Gasteiger partial charge in [0.15, 0.2) is 0 Å². The fourth-order valence-electron chi connectivity index (χ4n) is 2.25. The molecule has 0 amide bonds. The first kappa shape index (κ1) is 12.2. The van der Waals surface area contributed by atoms with E-state index in [0.717, 1.165) is 17.1 Å². The monoisotopic (exact) mass is 297 g/mol. The number of anilines is 1. The fraction of sp³-hybridized carbons (Fsp3) is 0.143. The summed E-state index contributed by atoms with van der Waals surface area (Å²) in [5.74, 6) is 0. The molecule has 3 rings (SSSR count). The maximum atomic E-state index is 6.03. The summed E-state index contributed by atoms with van der Waals surface area (Å²) in [5.41, 5.74) is 3.47. The highest BCUT2D eigenvalue weighted by Gasteiger charge is 2.23. The van der Waals surface area contributed by atoms with Crippen LogP contribution in [0.2, 0.25) is 15.1 Å². The lowest BCUT2D eigenvalue weighted by Crippen LogP contribution is -2.05. The van der Waals surface area contributed by atoms with Crippen LogP contribution in [0.4, 0.5) is 5.69 Å². The number of hydrogen-bond acceptors (Lipinski definition) is 1. The average molecular weight is 299 g/mol. The third kappa shape index (κ3) is 2.18. The number of halogens is 3. The minimum atomic E-state index is 0.256. The molecule has 1 heterocycles. The highest BCUT2D eigenvalue weighted by Crippen LogP contribution is 2.38. The van der Waals surface area contributed by atoms with Crippen LogP contribution in [0.1, 0.15) is 17.2 Å². The highest BCUT2D eigenvalue weighted by molar-refractivity contribution is 6.42. The lowest BCUT2D eigenvalue weighted by molar-refractivity contribution is 0.824.